The lowest BCUT2D eigenvalue weighted by molar-refractivity contribution is -0.136. The molecule has 1 saturated heterocycles. The van der Waals surface area contributed by atoms with Crippen LogP contribution in [-0.4, -0.2) is 35.3 Å². The Labute approximate surface area is 171 Å². The van der Waals surface area contributed by atoms with Crippen LogP contribution in [-0.2, 0) is 14.3 Å². The monoisotopic (exact) mass is 391 g/mol. The molecule has 1 heterocycles. The van der Waals surface area contributed by atoms with Crippen LogP contribution in [0.2, 0.25) is 0 Å². The van der Waals surface area contributed by atoms with E-state index in [1.165, 1.54) is 11.8 Å². The van der Waals surface area contributed by atoms with Crippen molar-refractivity contribution in [3.63, 3.8) is 0 Å². The summed E-state index contributed by atoms with van der Waals surface area (Å²) in [7, 11) is 0. The van der Waals surface area contributed by atoms with Crippen molar-refractivity contribution in [1.82, 2.24) is 4.90 Å². The van der Waals surface area contributed by atoms with E-state index in [1.54, 1.807) is 6.08 Å². The maximum absolute atomic E-state index is 13.3. The first kappa shape index (κ1) is 20.5. The van der Waals surface area contributed by atoms with Gasteiger partial charge in [-0.2, -0.15) is 0 Å². The van der Waals surface area contributed by atoms with Gasteiger partial charge in [0.05, 0.1) is 6.04 Å². The standard InChI is InChI=1S/C24H25NO4/c1-3-10-20(15-17(2)26)23(27)25-21(16-29-24(25)28)22(18-11-6-4-7-12-18)19-13-8-5-9-14-19/h3-9,11-14,20-22H,1,10,15-16H2,2H3/t20-,21-/m0/s1. The van der Waals surface area contributed by atoms with Gasteiger partial charge >= 0.3 is 6.09 Å². The van der Waals surface area contributed by atoms with Gasteiger partial charge in [-0.3, -0.25) is 4.79 Å². The quantitative estimate of drug-likeness (QED) is 0.628. The average molecular weight is 391 g/mol. The molecule has 0 saturated carbocycles. The highest BCUT2D eigenvalue weighted by atomic mass is 16.6. The molecule has 0 unspecified atom stereocenters. The van der Waals surface area contributed by atoms with Crippen molar-refractivity contribution in [3.8, 4) is 0 Å². The lowest BCUT2D eigenvalue weighted by Gasteiger charge is -2.30. The van der Waals surface area contributed by atoms with Crippen LogP contribution in [0.5, 0.6) is 0 Å². The highest BCUT2D eigenvalue weighted by Gasteiger charge is 2.45. The summed E-state index contributed by atoms with van der Waals surface area (Å²) < 4.78 is 5.31. The smallest absolute Gasteiger partial charge is 0.417 e. The maximum atomic E-state index is 13.3. The number of ketones is 1. The van der Waals surface area contributed by atoms with Crippen molar-refractivity contribution in [2.45, 2.75) is 31.7 Å². The number of rotatable bonds is 8. The topological polar surface area (TPSA) is 63.7 Å². The minimum atomic E-state index is -0.658. The van der Waals surface area contributed by atoms with E-state index in [1.807, 2.05) is 60.7 Å². The van der Waals surface area contributed by atoms with E-state index < -0.39 is 18.1 Å². The van der Waals surface area contributed by atoms with Gasteiger partial charge in [0, 0.05) is 18.3 Å². The minimum absolute atomic E-state index is 0.0721. The Balaban J connectivity index is 2.00. The number of amides is 2. The van der Waals surface area contributed by atoms with E-state index in [2.05, 4.69) is 6.58 Å². The molecule has 5 heteroatoms. The van der Waals surface area contributed by atoms with Gasteiger partial charge in [-0.1, -0.05) is 66.7 Å². The molecule has 0 radical (unpaired) electrons. The summed E-state index contributed by atoms with van der Waals surface area (Å²) in [5.74, 6) is -1.33. The summed E-state index contributed by atoms with van der Waals surface area (Å²) in [6.45, 7) is 5.24. The Morgan fingerprint density at radius 1 is 1.10 bits per heavy atom. The summed E-state index contributed by atoms with van der Waals surface area (Å²) in [5.41, 5.74) is 1.98. The van der Waals surface area contributed by atoms with Crippen molar-refractivity contribution in [2.24, 2.45) is 5.92 Å². The minimum Gasteiger partial charge on any atom is -0.447 e. The SMILES string of the molecule is C=CC[C@@H](CC(C)=O)C(=O)N1C(=O)OC[C@H]1C(c1ccccc1)c1ccccc1. The number of imide groups is 1. The van der Waals surface area contributed by atoms with Gasteiger partial charge in [-0.05, 0) is 24.5 Å². The molecule has 2 aromatic carbocycles. The van der Waals surface area contributed by atoms with Crippen molar-refractivity contribution < 1.29 is 19.1 Å². The molecule has 29 heavy (non-hydrogen) atoms. The van der Waals surface area contributed by atoms with Gasteiger partial charge in [0.1, 0.15) is 12.4 Å². The van der Waals surface area contributed by atoms with E-state index >= 15 is 0 Å². The third kappa shape index (κ3) is 4.62. The Morgan fingerprint density at radius 2 is 1.66 bits per heavy atom. The van der Waals surface area contributed by atoms with Gasteiger partial charge in [-0.15, -0.1) is 6.58 Å². The first-order valence-electron chi connectivity index (χ1n) is 9.73. The molecule has 0 aromatic heterocycles. The fourth-order valence-corrected chi connectivity index (χ4v) is 3.91. The van der Waals surface area contributed by atoms with E-state index in [0.29, 0.717) is 6.42 Å². The number of hydrogen-bond donors (Lipinski definition) is 0. The summed E-state index contributed by atoms with van der Waals surface area (Å²) in [6, 6.07) is 19.1. The molecular formula is C24H25NO4. The van der Waals surface area contributed by atoms with Crippen LogP contribution in [0.15, 0.2) is 73.3 Å². The van der Waals surface area contributed by atoms with Gasteiger partial charge in [0.25, 0.3) is 0 Å². The lowest BCUT2D eigenvalue weighted by atomic mass is 9.84. The van der Waals surface area contributed by atoms with Crippen LogP contribution in [0.3, 0.4) is 0 Å². The predicted octanol–water partition coefficient (Wildman–Crippen LogP) is 4.34. The summed E-state index contributed by atoms with van der Waals surface area (Å²) >= 11 is 0. The highest BCUT2D eigenvalue weighted by Crippen LogP contribution is 2.35. The lowest BCUT2D eigenvalue weighted by Crippen LogP contribution is -2.45. The van der Waals surface area contributed by atoms with Gasteiger partial charge < -0.3 is 9.53 Å². The number of carbonyl (C=O) groups excluding carboxylic acids is 3. The van der Waals surface area contributed by atoms with Crippen LogP contribution in [0.1, 0.15) is 36.8 Å². The molecule has 0 aliphatic carbocycles. The molecule has 1 aliphatic rings. The predicted molar refractivity (Wildman–Crippen MR) is 110 cm³/mol. The Morgan fingerprint density at radius 3 is 2.14 bits per heavy atom. The third-order valence-electron chi connectivity index (χ3n) is 5.18. The molecule has 3 rings (SSSR count). The largest absolute Gasteiger partial charge is 0.447 e. The molecule has 1 fully saturated rings. The molecule has 2 aromatic rings. The molecule has 0 spiro atoms. The zero-order valence-corrected chi connectivity index (χ0v) is 16.5. The molecule has 5 nitrogen and oxygen atoms in total. The average Bonchev–Trinajstić information content (AvgIpc) is 3.09. The third-order valence-corrected chi connectivity index (χ3v) is 5.18. The Kier molecular flexibility index (Phi) is 6.60. The number of allylic oxidation sites excluding steroid dienone is 1. The van der Waals surface area contributed by atoms with Gasteiger partial charge in [0.2, 0.25) is 5.91 Å². The van der Waals surface area contributed by atoms with Gasteiger partial charge in [0.15, 0.2) is 0 Å². The second-order valence-electron chi connectivity index (χ2n) is 7.28. The van der Waals surface area contributed by atoms with Crippen LogP contribution in [0, 0.1) is 5.92 Å². The molecule has 0 bridgehead atoms. The summed E-state index contributed by atoms with van der Waals surface area (Å²) in [6.07, 6.45) is 1.35. The van der Waals surface area contributed by atoms with E-state index in [4.69, 9.17) is 4.74 Å². The number of benzene rings is 2. The molecular weight excluding hydrogens is 366 g/mol. The van der Waals surface area contributed by atoms with Crippen LogP contribution in [0.25, 0.3) is 0 Å². The molecule has 0 N–H and O–H groups in total. The van der Waals surface area contributed by atoms with Crippen LogP contribution in [0.4, 0.5) is 4.79 Å². The fourth-order valence-electron chi connectivity index (χ4n) is 3.91. The Bertz CT molecular complexity index is 839. The van der Waals surface area contributed by atoms with Gasteiger partial charge in [-0.25, -0.2) is 9.69 Å². The van der Waals surface area contributed by atoms with Crippen molar-refractivity contribution in [2.75, 3.05) is 6.61 Å². The molecule has 1 aliphatic heterocycles. The normalized spacial score (nSPS) is 17.1. The molecule has 150 valence electrons. The number of Topliss-reactive ketones (excluding diaryl/α,β-unsaturated/α-hetero) is 1. The molecule has 2 atom stereocenters. The number of nitrogens with zero attached hydrogens (tertiary/aromatic N) is 1. The number of cyclic esters (lactones) is 1. The molecule has 2 amide bonds. The first-order valence-corrected chi connectivity index (χ1v) is 9.73. The first-order chi connectivity index (χ1) is 14.0. The zero-order chi connectivity index (χ0) is 20.8. The van der Waals surface area contributed by atoms with Crippen molar-refractivity contribution in [1.29, 1.82) is 0 Å². The highest BCUT2D eigenvalue weighted by molar-refractivity contribution is 5.96. The second-order valence-corrected chi connectivity index (χ2v) is 7.28. The van der Waals surface area contributed by atoms with Crippen LogP contribution < -0.4 is 0 Å². The number of carbonyl (C=O) groups is 3. The van der Waals surface area contributed by atoms with Crippen LogP contribution >= 0.6 is 0 Å². The van der Waals surface area contributed by atoms with E-state index in [0.717, 1.165) is 11.1 Å². The van der Waals surface area contributed by atoms with E-state index in [9.17, 15) is 14.4 Å². The number of hydrogen-bond acceptors (Lipinski definition) is 4. The zero-order valence-electron chi connectivity index (χ0n) is 16.5. The van der Waals surface area contributed by atoms with Crippen molar-refractivity contribution >= 4 is 17.8 Å². The number of ether oxygens (including phenoxy) is 1. The van der Waals surface area contributed by atoms with E-state index in [-0.39, 0.29) is 30.6 Å². The van der Waals surface area contributed by atoms with Crippen molar-refractivity contribution in [3.05, 3.63) is 84.4 Å². The summed E-state index contributed by atoms with van der Waals surface area (Å²) in [4.78, 5) is 38.7. The fraction of sp³-hybridized carbons (Fsp3) is 0.292. The maximum Gasteiger partial charge on any atom is 0.417 e. The Hall–Kier alpha value is -3.21. The second kappa shape index (κ2) is 9.32. The summed E-state index contributed by atoms with van der Waals surface area (Å²) in [5, 5.41) is 0.